The van der Waals surface area contributed by atoms with E-state index in [0.717, 1.165) is 43.4 Å². The van der Waals surface area contributed by atoms with Gasteiger partial charge in [0.1, 0.15) is 12.1 Å². The zero-order valence-electron chi connectivity index (χ0n) is 14.7. The van der Waals surface area contributed by atoms with Gasteiger partial charge in [-0.3, -0.25) is 4.98 Å². The third-order valence-electron chi connectivity index (χ3n) is 5.39. The summed E-state index contributed by atoms with van der Waals surface area (Å²) in [5.74, 6) is 1.44. The Morgan fingerprint density at radius 2 is 1.96 bits per heavy atom. The van der Waals surface area contributed by atoms with E-state index in [0.29, 0.717) is 12.0 Å². The molecule has 0 radical (unpaired) electrons. The Morgan fingerprint density at radius 1 is 1.04 bits per heavy atom. The molecule has 2 aromatic rings. The van der Waals surface area contributed by atoms with Crippen molar-refractivity contribution < 1.29 is 4.74 Å². The number of aromatic nitrogens is 3. The highest BCUT2D eigenvalue weighted by atomic mass is 16.5. The molecule has 4 rings (SSSR count). The summed E-state index contributed by atoms with van der Waals surface area (Å²) in [4.78, 5) is 16.1. The van der Waals surface area contributed by atoms with E-state index in [-0.39, 0.29) is 0 Å². The minimum Gasteiger partial charge on any atom is -0.381 e. The van der Waals surface area contributed by atoms with Crippen LogP contribution >= 0.6 is 0 Å². The van der Waals surface area contributed by atoms with Crippen LogP contribution in [0.15, 0.2) is 36.8 Å². The van der Waals surface area contributed by atoms with E-state index in [4.69, 9.17) is 4.74 Å². The lowest BCUT2D eigenvalue weighted by molar-refractivity contribution is 0.193. The molecule has 1 saturated carbocycles. The number of ether oxygens (including phenoxy) is 1. The number of hydrogen-bond acceptors (Lipinski definition) is 5. The second-order valence-corrected chi connectivity index (χ2v) is 7.10. The van der Waals surface area contributed by atoms with E-state index >= 15 is 0 Å². The van der Waals surface area contributed by atoms with Crippen LogP contribution in [0.1, 0.15) is 55.8 Å². The summed E-state index contributed by atoms with van der Waals surface area (Å²) >= 11 is 0. The first-order chi connectivity index (χ1) is 12.4. The summed E-state index contributed by atoms with van der Waals surface area (Å²) in [5.41, 5.74) is 2.21. The molecule has 2 aromatic heterocycles. The zero-order chi connectivity index (χ0) is 16.9. The summed E-state index contributed by atoms with van der Waals surface area (Å²) in [5, 5.41) is 0. The fourth-order valence-corrected chi connectivity index (χ4v) is 3.97. The van der Waals surface area contributed by atoms with Gasteiger partial charge < -0.3 is 9.64 Å². The Bertz CT molecular complexity index is 666. The second-order valence-electron chi connectivity index (χ2n) is 7.10. The third kappa shape index (κ3) is 3.98. The van der Waals surface area contributed by atoms with E-state index in [1.807, 2.05) is 12.3 Å². The maximum absolute atomic E-state index is 5.54. The highest BCUT2D eigenvalue weighted by Crippen LogP contribution is 2.30. The largest absolute Gasteiger partial charge is 0.381 e. The summed E-state index contributed by atoms with van der Waals surface area (Å²) in [6.45, 7) is 2.42. The van der Waals surface area contributed by atoms with Gasteiger partial charge in [0.05, 0.1) is 24.5 Å². The van der Waals surface area contributed by atoms with E-state index in [9.17, 15) is 0 Å². The van der Waals surface area contributed by atoms with Crippen molar-refractivity contribution in [3.8, 4) is 0 Å². The smallest absolute Gasteiger partial charge is 0.132 e. The van der Waals surface area contributed by atoms with Crippen LogP contribution in [0.5, 0.6) is 0 Å². The molecule has 132 valence electrons. The molecule has 1 unspecified atom stereocenters. The number of nitrogens with zero attached hydrogens (tertiary/aromatic N) is 4. The zero-order valence-corrected chi connectivity index (χ0v) is 14.7. The summed E-state index contributed by atoms with van der Waals surface area (Å²) < 4.78 is 5.54. The molecular weight excluding hydrogens is 312 g/mol. The first-order valence-electron chi connectivity index (χ1n) is 9.46. The van der Waals surface area contributed by atoms with Gasteiger partial charge in [-0.2, -0.15) is 0 Å². The Labute approximate surface area is 149 Å². The molecule has 0 N–H and O–H groups in total. The molecule has 0 bridgehead atoms. The summed E-state index contributed by atoms with van der Waals surface area (Å²) in [7, 11) is 0. The molecular formula is C20H26N4O. The highest BCUT2D eigenvalue weighted by molar-refractivity contribution is 5.42. The van der Waals surface area contributed by atoms with Crippen molar-refractivity contribution in [3.05, 3.63) is 48.2 Å². The topological polar surface area (TPSA) is 51.1 Å². The molecule has 25 heavy (non-hydrogen) atoms. The summed E-state index contributed by atoms with van der Waals surface area (Å²) in [6, 6.07) is 8.85. The van der Waals surface area contributed by atoms with Gasteiger partial charge in [-0.15, -0.1) is 0 Å². The van der Waals surface area contributed by atoms with E-state index in [2.05, 4.69) is 38.1 Å². The van der Waals surface area contributed by atoms with Gasteiger partial charge in [0.2, 0.25) is 0 Å². The second kappa shape index (κ2) is 7.91. The molecule has 5 heteroatoms. The van der Waals surface area contributed by atoms with Gasteiger partial charge in [0.25, 0.3) is 0 Å². The summed E-state index contributed by atoms with van der Waals surface area (Å²) in [6.07, 6.45) is 11.1. The molecule has 2 aliphatic rings. The van der Waals surface area contributed by atoms with Gasteiger partial charge in [0.15, 0.2) is 0 Å². The van der Waals surface area contributed by atoms with Crippen molar-refractivity contribution in [2.45, 2.75) is 57.0 Å². The van der Waals surface area contributed by atoms with E-state index in [1.165, 1.54) is 32.1 Å². The van der Waals surface area contributed by atoms with Gasteiger partial charge in [-0.1, -0.05) is 25.3 Å². The van der Waals surface area contributed by atoms with Crippen LogP contribution in [0, 0.1) is 0 Å². The molecule has 1 aliphatic heterocycles. The van der Waals surface area contributed by atoms with Crippen molar-refractivity contribution in [2.75, 3.05) is 18.1 Å². The molecule has 1 saturated heterocycles. The number of anilines is 1. The Hall–Kier alpha value is -2.01. The molecule has 0 aromatic carbocycles. The van der Waals surface area contributed by atoms with Crippen LogP contribution in [0.25, 0.3) is 0 Å². The SMILES string of the molecule is c1ccc(CN(c2cc(C3CCOC3)ncn2)C2CCCCC2)nc1. The molecule has 1 atom stereocenters. The van der Waals surface area contributed by atoms with Crippen LogP contribution in [0.4, 0.5) is 5.82 Å². The lowest BCUT2D eigenvalue weighted by atomic mass is 9.94. The Kier molecular flexibility index (Phi) is 5.21. The average molecular weight is 338 g/mol. The van der Waals surface area contributed by atoms with Gasteiger partial charge in [0, 0.05) is 30.8 Å². The van der Waals surface area contributed by atoms with E-state index < -0.39 is 0 Å². The van der Waals surface area contributed by atoms with E-state index in [1.54, 1.807) is 6.33 Å². The Morgan fingerprint density at radius 3 is 2.72 bits per heavy atom. The van der Waals surface area contributed by atoms with Crippen molar-refractivity contribution in [1.82, 2.24) is 15.0 Å². The normalized spacial score (nSPS) is 21.4. The fourth-order valence-electron chi connectivity index (χ4n) is 3.97. The molecule has 2 fully saturated rings. The predicted octanol–water partition coefficient (Wildman–Crippen LogP) is 3.71. The average Bonchev–Trinajstić information content (AvgIpc) is 3.23. The Balaban J connectivity index is 1.61. The lowest BCUT2D eigenvalue weighted by Gasteiger charge is -2.35. The van der Waals surface area contributed by atoms with Crippen LogP contribution in [-0.2, 0) is 11.3 Å². The fraction of sp³-hybridized carbons (Fsp3) is 0.550. The standard InChI is InChI=1S/C20H26N4O/c1-2-7-18(8-3-1)24(13-17-6-4-5-10-21-17)20-12-19(22-15-23-20)16-9-11-25-14-16/h4-6,10,12,15-16,18H,1-3,7-9,11,13-14H2. The quantitative estimate of drug-likeness (QED) is 0.832. The predicted molar refractivity (Wildman–Crippen MR) is 97.5 cm³/mol. The molecule has 3 heterocycles. The third-order valence-corrected chi connectivity index (χ3v) is 5.39. The lowest BCUT2D eigenvalue weighted by Crippen LogP contribution is -2.37. The molecule has 5 nitrogen and oxygen atoms in total. The molecule has 1 aliphatic carbocycles. The van der Waals surface area contributed by atoms with Crippen LogP contribution in [0.2, 0.25) is 0 Å². The highest BCUT2D eigenvalue weighted by Gasteiger charge is 2.25. The first-order valence-corrected chi connectivity index (χ1v) is 9.46. The first kappa shape index (κ1) is 16.5. The van der Waals surface area contributed by atoms with Gasteiger partial charge in [-0.25, -0.2) is 9.97 Å². The number of pyridine rings is 1. The van der Waals surface area contributed by atoms with Crippen molar-refractivity contribution in [2.24, 2.45) is 0 Å². The number of hydrogen-bond donors (Lipinski definition) is 0. The van der Waals surface area contributed by atoms with Crippen LogP contribution in [-0.4, -0.2) is 34.2 Å². The van der Waals surface area contributed by atoms with Crippen LogP contribution in [0.3, 0.4) is 0 Å². The van der Waals surface area contributed by atoms with Crippen molar-refractivity contribution in [1.29, 1.82) is 0 Å². The van der Waals surface area contributed by atoms with Crippen molar-refractivity contribution >= 4 is 5.82 Å². The maximum Gasteiger partial charge on any atom is 0.132 e. The monoisotopic (exact) mass is 338 g/mol. The van der Waals surface area contributed by atoms with Crippen molar-refractivity contribution in [3.63, 3.8) is 0 Å². The number of rotatable bonds is 5. The molecule has 0 amide bonds. The maximum atomic E-state index is 5.54. The minimum absolute atomic E-state index is 0.407. The van der Waals surface area contributed by atoms with Gasteiger partial charge in [-0.05, 0) is 31.4 Å². The van der Waals surface area contributed by atoms with Gasteiger partial charge >= 0.3 is 0 Å². The van der Waals surface area contributed by atoms with Crippen LogP contribution < -0.4 is 4.90 Å². The minimum atomic E-state index is 0.407. The molecule has 0 spiro atoms.